The molecule has 2 fully saturated rings. The van der Waals surface area contributed by atoms with Gasteiger partial charge in [-0.2, -0.15) is 0 Å². The highest BCUT2D eigenvalue weighted by molar-refractivity contribution is 14.0. The average molecular weight is 522 g/mol. The van der Waals surface area contributed by atoms with Crippen molar-refractivity contribution in [3.05, 3.63) is 0 Å². The third-order valence-electron chi connectivity index (χ3n) is 6.09. The molecule has 0 spiro atoms. The van der Waals surface area contributed by atoms with Crippen molar-refractivity contribution in [2.75, 3.05) is 52.9 Å². The number of carbonyl (C=O) groups is 1. The molecule has 2 heterocycles. The second-order valence-electron chi connectivity index (χ2n) is 8.96. The van der Waals surface area contributed by atoms with Crippen LogP contribution in [-0.4, -0.2) is 74.5 Å². The van der Waals surface area contributed by atoms with Crippen LogP contribution in [0.4, 0.5) is 0 Å². The van der Waals surface area contributed by atoms with Crippen molar-refractivity contribution in [3.8, 4) is 0 Å². The lowest BCUT2D eigenvalue weighted by Crippen LogP contribution is -2.46. The number of likely N-dealkylation sites (tertiary alicyclic amines) is 2. The molecule has 1 amide bonds. The zero-order valence-corrected chi connectivity index (χ0v) is 21.4. The molecule has 2 aliphatic heterocycles. The SMILES string of the molecule is CCNC(=NCCCCN1CC(C)CC(C)C1)N1CCC(CC(=O)NC)CC1.I. The number of piperidine rings is 2. The van der Waals surface area contributed by atoms with Gasteiger partial charge in [0.25, 0.3) is 0 Å². The highest BCUT2D eigenvalue weighted by atomic mass is 127. The molecule has 0 saturated carbocycles. The van der Waals surface area contributed by atoms with Gasteiger partial charge in [-0.15, -0.1) is 24.0 Å². The number of amides is 1. The Balaban J connectivity index is 0.00000420. The Kier molecular flexibility index (Phi) is 13.2. The highest BCUT2D eigenvalue weighted by Crippen LogP contribution is 2.22. The minimum atomic E-state index is 0. The van der Waals surface area contributed by atoms with Crippen LogP contribution in [0.3, 0.4) is 0 Å². The van der Waals surface area contributed by atoms with Crippen molar-refractivity contribution in [2.45, 2.75) is 59.3 Å². The first-order valence-electron chi connectivity index (χ1n) is 11.5. The highest BCUT2D eigenvalue weighted by Gasteiger charge is 2.23. The lowest BCUT2D eigenvalue weighted by molar-refractivity contribution is -0.121. The monoisotopic (exact) mass is 521 g/mol. The normalized spacial score (nSPS) is 24.1. The predicted molar refractivity (Wildman–Crippen MR) is 133 cm³/mol. The van der Waals surface area contributed by atoms with Gasteiger partial charge in [-0.05, 0) is 63.3 Å². The van der Waals surface area contributed by atoms with Gasteiger partial charge in [0.2, 0.25) is 5.91 Å². The van der Waals surface area contributed by atoms with Crippen LogP contribution in [0.1, 0.15) is 59.3 Å². The number of hydrogen-bond donors (Lipinski definition) is 2. The molecule has 2 saturated heterocycles. The summed E-state index contributed by atoms with van der Waals surface area (Å²) in [5.41, 5.74) is 0. The van der Waals surface area contributed by atoms with Crippen LogP contribution in [0.2, 0.25) is 0 Å². The van der Waals surface area contributed by atoms with Crippen LogP contribution >= 0.6 is 24.0 Å². The lowest BCUT2D eigenvalue weighted by Gasteiger charge is -2.35. The molecule has 2 N–H and O–H groups in total. The topological polar surface area (TPSA) is 60.0 Å². The number of unbranched alkanes of at least 4 members (excludes halogenated alkanes) is 1. The largest absolute Gasteiger partial charge is 0.359 e. The van der Waals surface area contributed by atoms with Crippen LogP contribution in [0.25, 0.3) is 0 Å². The average Bonchev–Trinajstić information content (AvgIpc) is 2.66. The molecule has 0 bridgehead atoms. The van der Waals surface area contributed by atoms with Crippen molar-refractivity contribution in [3.63, 3.8) is 0 Å². The maximum Gasteiger partial charge on any atom is 0.220 e. The zero-order valence-electron chi connectivity index (χ0n) is 19.1. The summed E-state index contributed by atoms with van der Waals surface area (Å²) in [5, 5.41) is 6.20. The van der Waals surface area contributed by atoms with E-state index in [-0.39, 0.29) is 29.9 Å². The van der Waals surface area contributed by atoms with E-state index in [1.165, 1.54) is 32.5 Å². The van der Waals surface area contributed by atoms with Gasteiger partial charge in [-0.25, -0.2) is 0 Å². The van der Waals surface area contributed by atoms with E-state index in [2.05, 4.69) is 41.2 Å². The van der Waals surface area contributed by atoms with E-state index in [9.17, 15) is 4.79 Å². The molecular weight excluding hydrogens is 477 g/mol. The summed E-state index contributed by atoms with van der Waals surface area (Å²) >= 11 is 0. The van der Waals surface area contributed by atoms with Crippen LogP contribution in [0.5, 0.6) is 0 Å². The molecule has 0 aromatic heterocycles. The van der Waals surface area contributed by atoms with E-state index in [1.807, 2.05) is 0 Å². The molecule has 6 nitrogen and oxygen atoms in total. The molecule has 29 heavy (non-hydrogen) atoms. The van der Waals surface area contributed by atoms with E-state index in [0.29, 0.717) is 12.3 Å². The number of nitrogens with one attached hydrogen (secondary N) is 2. The first-order valence-corrected chi connectivity index (χ1v) is 11.5. The van der Waals surface area contributed by atoms with Crippen molar-refractivity contribution in [1.82, 2.24) is 20.4 Å². The molecule has 2 atom stereocenters. The number of guanidine groups is 1. The smallest absolute Gasteiger partial charge is 0.220 e. The molecule has 0 aromatic carbocycles. The maximum atomic E-state index is 11.6. The second kappa shape index (κ2) is 14.4. The summed E-state index contributed by atoms with van der Waals surface area (Å²) in [6.45, 7) is 14.4. The van der Waals surface area contributed by atoms with Crippen LogP contribution in [0, 0.1) is 17.8 Å². The van der Waals surface area contributed by atoms with Gasteiger partial charge in [-0.1, -0.05) is 13.8 Å². The van der Waals surface area contributed by atoms with Crippen LogP contribution < -0.4 is 10.6 Å². The van der Waals surface area contributed by atoms with Crippen LogP contribution in [-0.2, 0) is 4.79 Å². The van der Waals surface area contributed by atoms with E-state index in [4.69, 9.17) is 4.99 Å². The maximum absolute atomic E-state index is 11.6. The van der Waals surface area contributed by atoms with Crippen LogP contribution in [0.15, 0.2) is 4.99 Å². The van der Waals surface area contributed by atoms with Gasteiger partial charge in [0.15, 0.2) is 5.96 Å². The number of rotatable bonds is 8. The van der Waals surface area contributed by atoms with E-state index < -0.39 is 0 Å². The Hall–Kier alpha value is -0.570. The van der Waals surface area contributed by atoms with Gasteiger partial charge in [0, 0.05) is 52.7 Å². The molecule has 2 rings (SSSR count). The molecular formula is C22H44IN5O. The minimum absolute atomic E-state index is 0. The van der Waals surface area contributed by atoms with E-state index >= 15 is 0 Å². The van der Waals surface area contributed by atoms with E-state index in [0.717, 1.165) is 63.2 Å². The standard InChI is InChI=1S/C22H43N5O.HI/c1-5-24-22(27-12-8-20(9-13-27)15-21(28)23-4)25-10-6-7-11-26-16-18(2)14-19(3)17-26;/h18-20H,5-17H2,1-4H3,(H,23,28)(H,24,25);1H. The Morgan fingerprint density at radius 3 is 2.34 bits per heavy atom. The van der Waals surface area contributed by atoms with Gasteiger partial charge >= 0.3 is 0 Å². The fourth-order valence-electron chi connectivity index (χ4n) is 4.75. The molecule has 2 unspecified atom stereocenters. The Morgan fingerprint density at radius 1 is 1.10 bits per heavy atom. The quantitative estimate of drug-likeness (QED) is 0.223. The van der Waals surface area contributed by atoms with Gasteiger partial charge in [0.1, 0.15) is 0 Å². The molecule has 7 heteroatoms. The Labute approximate surface area is 195 Å². The fourth-order valence-corrected chi connectivity index (χ4v) is 4.75. The summed E-state index contributed by atoms with van der Waals surface area (Å²) in [7, 11) is 1.72. The van der Waals surface area contributed by atoms with E-state index in [1.54, 1.807) is 7.05 Å². The summed E-state index contributed by atoms with van der Waals surface area (Å²) in [5.74, 6) is 3.41. The minimum Gasteiger partial charge on any atom is -0.359 e. The summed E-state index contributed by atoms with van der Waals surface area (Å²) in [4.78, 5) is 21.5. The molecule has 0 radical (unpaired) electrons. The molecule has 0 aliphatic carbocycles. The Bertz CT molecular complexity index is 484. The first kappa shape index (κ1) is 26.5. The number of aliphatic imine (C=N–C) groups is 1. The van der Waals surface area contributed by atoms with Crippen molar-refractivity contribution >= 4 is 35.8 Å². The second-order valence-corrected chi connectivity index (χ2v) is 8.96. The predicted octanol–water partition coefficient (Wildman–Crippen LogP) is 3.18. The van der Waals surface area contributed by atoms with Crippen molar-refractivity contribution < 1.29 is 4.79 Å². The first-order chi connectivity index (χ1) is 13.5. The van der Waals surface area contributed by atoms with Gasteiger partial charge in [-0.3, -0.25) is 9.79 Å². The summed E-state index contributed by atoms with van der Waals surface area (Å²) in [6.07, 6.45) is 6.57. The molecule has 2 aliphatic rings. The van der Waals surface area contributed by atoms with Crippen molar-refractivity contribution in [2.24, 2.45) is 22.7 Å². The zero-order chi connectivity index (χ0) is 20.4. The summed E-state index contributed by atoms with van der Waals surface area (Å²) < 4.78 is 0. The van der Waals surface area contributed by atoms with Gasteiger partial charge in [0.05, 0.1) is 0 Å². The molecule has 0 aromatic rings. The van der Waals surface area contributed by atoms with Gasteiger partial charge < -0.3 is 20.4 Å². The third kappa shape index (κ3) is 9.85. The third-order valence-corrected chi connectivity index (χ3v) is 6.09. The summed E-state index contributed by atoms with van der Waals surface area (Å²) in [6, 6.07) is 0. The van der Waals surface area contributed by atoms with Crippen molar-refractivity contribution in [1.29, 1.82) is 0 Å². The fraction of sp³-hybridized carbons (Fsp3) is 0.909. The number of hydrogen-bond acceptors (Lipinski definition) is 3. The lowest BCUT2D eigenvalue weighted by atomic mass is 9.92. The molecule has 170 valence electrons. The number of carbonyl (C=O) groups excluding carboxylic acids is 1. The number of nitrogens with zero attached hydrogens (tertiary/aromatic N) is 3. The Morgan fingerprint density at radius 2 is 1.76 bits per heavy atom. The number of halogens is 1.